The number of urea groups is 1. The van der Waals surface area contributed by atoms with Gasteiger partial charge in [0.1, 0.15) is 0 Å². The van der Waals surface area contributed by atoms with Crippen LogP contribution in [0.2, 0.25) is 0 Å². The van der Waals surface area contributed by atoms with Gasteiger partial charge in [-0.3, -0.25) is 9.69 Å². The minimum absolute atomic E-state index is 0.0359. The summed E-state index contributed by atoms with van der Waals surface area (Å²) in [5.41, 5.74) is 1.54. The molecule has 1 aromatic carbocycles. The van der Waals surface area contributed by atoms with Crippen molar-refractivity contribution in [3.63, 3.8) is 0 Å². The summed E-state index contributed by atoms with van der Waals surface area (Å²) in [5.74, 6) is 0.0757. The Morgan fingerprint density at radius 1 is 1.35 bits per heavy atom. The molecule has 2 aliphatic heterocycles. The molecule has 1 aromatic rings. The van der Waals surface area contributed by atoms with E-state index in [-0.39, 0.29) is 17.9 Å². The van der Waals surface area contributed by atoms with Crippen LogP contribution in [0.15, 0.2) is 24.3 Å². The third kappa shape index (κ3) is 2.60. The number of carbonyl (C=O) groups is 2. The molecule has 0 aliphatic carbocycles. The molecule has 2 fully saturated rings. The standard InChI is InChI=1S/C14H18N4O2/c19-13(10-4-5-15-9-10)17-11-2-1-3-12(8-11)18-7-6-16-14(18)20/h1-3,8,10,15H,4-7,9H2,(H,16,20)(H,17,19). The van der Waals surface area contributed by atoms with E-state index in [1.807, 2.05) is 24.3 Å². The van der Waals surface area contributed by atoms with Gasteiger partial charge in [-0.05, 0) is 31.2 Å². The zero-order chi connectivity index (χ0) is 13.9. The van der Waals surface area contributed by atoms with Crippen LogP contribution < -0.4 is 20.9 Å². The lowest BCUT2D eigenvalue weighted by molar-refractivity contribution is -0.119. The van der Waals surface area contributed by atoms with Gasteiger partial charge in [0.2, 0.25) is 5.91 Å². The van der Waals surface area contributed by atoms with Gasteiger partial charge in [0.15, 0.2) is 0 Å². The topological polar surface area (TPSA) is 73.5 Å². The maximum absolute atomic E-state index is 12.1. The minimum Gasteiger partial charge on any atom is -0.336 e. The molecule has 0 radical (unpaired) electrons. The maximum Gasteiger partial charge on any atom is 0.321 e. The smallest absolute Gasteiger partial charge is 0.321 e. The lowest BCUT2D eigenvalue weighted by Crippen LogP contribution is -2.28. The average Bonchev–Trinajstić information content (AvgIpc) is 3.10. The lowest BCUT2D eigenvalue weighted by Gasteiger charge is -2.16. The van der Waals surface area contributed by atoms with E-state index in [0.29, 0.717) is 13.1 Å². The van der Waals surface area contributed by atoms with Crippen LogP contribution in [0, 0.1) is 5.92 Å². The summed E-state index contributed by atoms with van der Waals surface area (Å²) in [6, 6.07) is 7.32. The van der Waals surface area contributed by atoms with Crippen molar-refractivity contribution in [2.75, 3.05) is 36.4 Å². The summed E-state index contributed by atoms with van der Waals surface area (Å²) in [5, 5.41) is 8.87. The molecule has 106 valence electrons. The number of amides is 3. The van der Waals surface area contributed by atoms with Crippen LogP contribution in [0.1, 0.15) is 6.42 Å². The van der Waals surface area contributed by atoms with E-state index in [1.54, 1.807) is 4.90 Å². The maximum atomic E-state index is 12.1. The van der Waals surface area contributed by atoms with E-state index < -0.39 is 0 Å². The van der Waals surface area contributed by atoms with Crippen molar-refractivity contribution in [2.45, 2.75) is 6.42 Å². The number of carbonyl (C=O) groups excluding carboxylic acids is 2. The van der Waals surface area contributed by atoms with Crippen molar-refractivity contribution in [2.24, 2.45) is 5.92 Å². The lowest BCUT2D eigenvalue weighted by atomic mass is 10.1. The fourth-order valence-electron chi connectivity index (χ4n) is 2.59. The molecule has 1 unspecified atom stereocenters. The molecule has 0 bridgehead atoms. The predicted molar refractivity (Wildman–Crippen MR) is 76.8 cm³/mol. The molecule has 1 atom stereocenters. The first-order valence-electron chi connectivity index (χ1n) is 6.91. The normalized spacial score (nSPS) is 21.9. The first kappa shape index (κ1) is 12.9. The number of anilines is 2. The summed E-state index contributed by atoms with van der Waals surface area (Å²) in [4.78, 5) is 25.4. The van der Waals surface area contributed by atoms with Crippen molar-refractivity contribution >= 4 is 23.3 Å². The fraction of sp³-hybridized carbons (Fsp3) is 0.429. The average molecular weight is 274 g/mol. The number of hydrogen-bond donors (Lipinski definition) is 3. The highest BCUT2D eigenvalue weighted by Crippen LogP contribution is 2.22. The van der Waals surface area contributed by atoms with E-state index >= 15 is 0 Å². The van der Waals surface area contributed by atoms with Crippen molar-refractivity contribution in [3.05, 3.63) is 24.3 Å². The predicted octanol–water partition coefficient (Wildman–Crippen LogP) is 0.764. The van der Waals surface area contributed by atoms with Crippen LogP contribution in [0.5, 0.6) is 0 Å². The Balaban J connectivity index is 1.70. The molecule has 20 heavy (non-hydrogen) atoms. The van der Waals surface area contributed by atoms with Gasteiger partial charge in [-0.15, -0.1) is 0 Å². The molecule has 3 amide bonds. The van der Waals surface area contributed by atoms with Crippen molar-refractivity contribution in [1.82, 2.24) is 10.6 Å². The van der Waals surface area contributed by atoms with Gasteiger partial charge in [-0.25, -0.2) is 4.79 Å². The number of rotatable bonds is 3. The SMILES string of the molecule is O=C(Nc1cccc(N2CCNC2=O)c1)C1CCNC1. The number of benzene rings is 1. The Bertz CT molecular complexity index is 526. The summed E-state index contributed by atoms with van der Waals surface area (Å²) in [6.07, 6.45) is 0.875. The van der Waals surface area contributed by atoms with Crippen LogP contribution in [0.3, 0.4) is 0 Å². The van der Waals surface area contributed by atoms with Crippen LogP contribution >= 0.6 is 0 Å². The highest BCUT2D eigenvalue weighted by molar-refractivity contribution is 5.96. The van der Waals surface area contributed by atoms with Crippen molar-refractivity contribution in [3.8, 4) is 0 Å². The molecule has 0 saturated carbocycles. The monoisotopic (exact) mass is 274 g/mol. The highest BCUT2D eigenvalue weighted by atomic mass is 16.2. The molecule has 2 saturated heterocycles. The second-order valence-corrected chi connectivity index (χ2v) is 5.11. The van der Waals surface area contributed by atoms with E-state index in [2.05, 4.69) is 16.0 Å². The summed E-state index contributed by atoms with van der Waals surface area (Å²) < 4.78 is 0. The quantitative estimate of drug-likeness (QED) is 0.762. The number of nitrogens with zero attached hydrogens (tertiary/aromatic N) is 1. The van der Waals surface area contributed by atoms with Crippen LogP contribution in [-0.4, -0.2) is 38.1 Å². The van der Waals surface area contributed by atoms with Gasteiger partial charge in [-0.2, -0.15) is 0 Å². The Labute approximate surface area is 117 Å². The zero-order valence-electron chi connectivity index (χ0n) is 11.2. The van der Waals surface area contributed by atoms with E-state index in [9.17, 15) is 9.59 Å². The molecule has 2 heterocycles. The molecule has 6 nitrogen and oxygen atoms in total. The first-order valence-corrected chi connectivity index (χ1v) is 6.91. The molecule has 2 aliphatic rings. The molecule has 0 spiro atoms. The second-order valence-electron chi connectivity index (χ2n) is 5.11. The van der Waals surface area contributed by atoms with E-state index in [0.717, 1.165) is 30.9 Å². The molecule has 0 aromatic heterocycles. The summed E-state index contributed by atoms with van der Waals surface area (Å²) in [6.45, 7) is 2.94. The fourth-order valence-corrected chi connectivity index (χ4v) is 2.59. The highest BCUT2D eigenvalue weighted by Gasteiger charge is 2.23. The largest absolute Gasteiger partial charge is 0.336 e. The van der Waals surface area contributed by atoms with Crippen LogP contribution in [0.4, 0.5) is 16.2 Å². The molecule has 3 N–H and O–H groups in total. The van der Waals surface area contributed by atoms with Gasteiger partial charge < -0.3 is 16.0 Å². The van der Waals surface area contributed by atoms with E-state index in [1.165, 1.54) is 0 Å². The van der Waals surface area contributed by atoms with Gasteiger partial charge >= 0.3 is 6.03 Å². The van der Waals surface area contributed by atoms with Gasteiger partial charge in [-0.1, -0.05) is 6.07 Å². The van der Waals surface area contributed by atoms with E-state index in [4.69, 9.17) is 0 Å². The van der Waals surface area contributed by atoms with Gasteiger partial charge in [0.05, 0.1) is 5.92 Å². The Kier molecular flexibility index (Phi) is 3.56. The van der Waals surface area contributed by atoms with Crippen LogP contribution in [0.25, 0.3) is 0 Å². The summed E-state index contributed by atoms with van der Waals surface area (Å²) >= 11 is 0. The second kappa shape index (κ2) is 5.50. The number of nitrogens with one attached hydrogen (secondary N) is 3. The van der Waals surface area contributed by atoms with Crippen molar-refractivity contribution in [1.29, 1.82) is 0 Å². The third-order valence-corrected chi connectivity index (χ3v) is 3.71. The number of hydrogen-bond acceptors (Lipinski definition) is 3. The molecular formula is C14H18N4O2. The van der Waals surface area contributed by atoms with Crippen molar-refractivity contribution < 1.29 is 9.59 Å². The van der Waals surface area contributed by atoms with Gasteiger partial charge in [0.25, 0.3) is 0 Å². The van der Waals surface area contributed by atoms with Crippen LogP contribution in [-0.2, 0) is 4.79 Å². The molecular weight excluding hydrogens is 256 g/mol. The summed E-state index contributed by atoms with van der Waals surface area (Å²) in [7, 11) is 0. The Hall–Kier alpha value is -2.08. The van der Waals surface area contributed by atoms with Gasteiger partial charge in [0, 0.05) is 31.0 Å². The Morgan fingerprint density at radius 3 is 2.95 bits per heavy atom. The Morgan fingerprint density at radius 2 is 2.25 bits per heavy atom. The molecule has 3 rings (SSSR count). The minimum atomic E-state index is -0.0894. The third-order valence-electron chi connectivity index (χ3n) is 3.71. The zero-order valence-corrected chi connectivity index (χ0v) is 11.2. The first-order chi connectivity index (χ1) is 9.74. The molecule has 6 heteroatoms.